The number of nitrogens with one attached hydrogen (secondary N) is 1. The standard InChI is InChI=1S/C21H17F2N5O/c1-12-11-28-20(27-12)16(13-6-14(22)8-24-7-13)9-25-21(28)26-10-17-15-4-5-29-19(15)3-2-18(17)23/h2-3,6-9,11H,4-5,10H2,1H3,(H,25,26). The number of anilines is 1. The monoisotopic (exact) mass is 393 g/mol. The first-order valence-electron chi connectivity index (χ1n) is 9.22. The lowest BCUT2D eigenvalue weighted by Crippen LogP contribution is -2.09. The van der Waals surface area contributed by atoms with Crippen molar-refractivity contribution in [1.82, 2.24) is 19.4 Å². The lowest BCUT2D eigenvalue weighted by atomic mass is 10.0. The molecule has 6 nitrogen and oxygen atoms in total. The van der Waals surface area contributed by atoms with E-state index in [1.165, 1.54) is 12.1 Å². The Labute approximate surface area is 165 Å². The summed E-state index contributed by atoms with van der Waals surface area (Å²) in [5, 5.41) is 3.20. The first-order chi connectivity index (χ1) is 14.1. The lowest BCUT2D eigenvalue weighted by Gasteiger charge is -2.13. The number of nitrogens with zero attached hydrogens (tertiary/aromatic N) is 4. The van der Waals surface area contributed by atoms with Gasteiger partial charge in [-0.3, -0.25) is 9.38 Å². The normalized spacial score (nSPS) is 12.8. The summed E-state index contributed by atoms with van der Waals surface area (Å²) in [5.41, 5.74) is 4.11. The smallest absolute Gasteiger partial charge is 0.208 e. The summed E-state index contributed by atoms with van der Waals surface area (Å²) in [6.45, 7) is 2.69. The SMILES string of the molecule is Cc1cn2c(NCc3c(F)ccc4c3CCO4)ncc(-c3cncc(F)c3)c2n1. The number of benzene rings is 1. The third-order valence-electron chi connectivity index (χ3n) is 4.99. The van der Waals surface area contributed by atoms with Crippen LogP contribution in [0.1, 0.15) is 16.8 Å². The van der Waals surface area contributed by atoms with Gasteiger partial charge in [0.15, 0.2) is 0 Å². The molecule has 1 N–H and O–H groups in total. The van der Waals surface area contributed by atoms with Gasteiger partial charge < -0.3 is 10.1 Å². The minimum absolute atomic E-state index is 0.262. The first kappa shape index (κ1) is 17.5. The molecule has 8 heteroatoms. The summed E-state index contributed by atoms with van der Waals surface area (Å²) in [6, 6.07) is 4.48. The van der Waals surface area contributed by atoms with Crippen molar-refractivity contribution in [2.75, 3.05) is 11.9 Å². The van der Waals surface area contributed by atoms with Crippen LogP contribution in [0.3, 0.4) is 0 Å². The Morgan fingerprint density at radius 3 is 2.97 bits per heavy atom. The van der Waals surface area contributed by atoms with Gasteiger partial charge in [-0.2, -0.15) is 0 Å². The molecule has 0 atom stereocenters. The van der Waals surface area contributed by atoms with E-state index in [1.54, 1.807) is 22.9 Å². The molecule has 1 aliphatic rings. The first-order valence-corrected chi connectivity index (χ1v) is 9.22. The molecule has 0 amide bonds. The minimum Gasteiger partial charge on any atom is -0.493 e. The van der Waals surface area contributed by atoms with Gasteiger partial charge in [-0.05, 0) is 25.1 Å². The molecule has 0 radical (unpaired) electrons. The lowest BCUT2D eigenvalue weighted by molar-refractivity contribution is 0.356. The molecule has 0 unspecified atom stereocenters. The van der Waals surface area contributed by atoms with E-state index >= 15 is 0 Å². The quantitative estimate of drug-likeness (QED) is 0.569. The zero-order valence-electron chi connectivity index (χ0n) is 15.6. The van der Waals surface area contributed by atoms with E-state index in [4.69, 9.17) is 4.74 Å². The fourth-order valence-electron chi connectivity index (χ4n) is 3.66. The van der Waals surface area contributed by atoms with E-state index in [0.29, 0.717) is 41.3 Å². The Morgan fingerprint density at radius 2 is 2.10 bits per heavy atom. The van der Waals surface area contributed by atoms with Crippen LogP contribution in [0.4, 0.5) is 14.7 Å². The van der Waals surface area contributed by atoms with Gasteiger partial charge >= 0.3 is 0 Å². The highest BCUT2D eigenvalue weighted by Crippen LogP contribution is 2.31. The number of aryl methyl sites for hydroxylation is 1. The van der Waals surface area contributed by atoms with Gasteiger partial charge in [0.2, 0.25) is 5.95 Å². The Bertz CT molecular complexity index is 1240. The Balaban J connectivity index is 1.53. The maximum Gasteiger partial charge on any atom is 0.208 e. The number of ether oxygens (including phenoxy) is 1. The van der Waals surface area contributed by atoms with Crippen molar-refractivity contribution in [1.29, 1.82) is 0 Å². The van der Waals surface area contributed by atoms with E-state index in [0.717, 1.165) is 23.2 Å². The molecule has 0 spiro atoms. The summed E-state index contributed by atoms with van der Waals surface area (Å²) in [7, 11) is 0. The average molecular weight is 393 g/mol. The highest BCUT2D eigenvalue weighted by molar-refractivity contribution is 5.77. The number of pyridine rings is 1. The molecule has 4 heterocycles. The van der Waals surface area contributed by atoms with Crippen LogP contribution >= 0.6 is 0 Å². The van der Waals surface area contributed by atoms with Crippen molar-refractivity contribution in [3.05, 3.63) is 71.4 Å². The fraction of sp³-hybridized carbons (Fsp3) is 0.190. The van der Waals surface area contributed by atoms with Crippen LogP contribution in [0.5, 0.6) is 5.75 Å². The van der Waals surface area contributed by atoms with Gasteiger partial charge in [0.1, 0.15) is 23.0 Å². The Morgan fingerprint density at radius 1 is 1.21 bits per heavy atom. The second-order valence-corrected chi connectivity index (χ2v) is 6.92. The van der Waals surface area contributed by atoms with Gasteiger partial charge in [-0.25, -0.2) is 18.7 Å². The van der Waals surface area contributed by atoms with Gasteiger partial charge in [0.25, 0.3) is 0 Å². The summed E-state index contributed by atoms with van der Waals surface area (Å²) < 4.78 is 35.4. The molecule has 29 heavy (non-hydrogen) atoms. The molecule has 0 saturated heterocycles. The topological polar surface area (TPSA) is 64.3 Å². The van der Waals surface area contributed by atoms with Crippen molar-refractivity contribution >= 4 is 11.6 Å². The summed E-state index contributed by atoms with van der Waals surface area (Å²) in [4.78, 5) is 12.9. The number of imidazole rings is 1. The van der Waals surface area contributed by atoms with Crippen molar-refractivity contribution in [2.24, 2.45) is 0 Å². The Kier molecular flexibility index (Phi) is 4.12. The predicted octanol–water partition coefficient (Wildman–Crippen LogP) is 3.92. The van der Waals surface area contributed by atoms with Crippen molar-refractivity contribution in [2.45, 2.75) is 19.9 Å². The number of rotatable bonds is 4. The molecule has 5 rings (SSSR count). The largest absolute Gasteiger partial charge is 0.493 e. The predicted molar refractivity (Wildman–Crippen MR) is 104 cm³/mol. The number of hydrogen-bond acceptors (Lipinski definition) is 5. The number of hydrogen-bond donors (Lipinski definition) is 1. The fourth-order valence-corrected chi connectivity index (χ4v) is 3.66. The summed E-state index contributed by atoms with van der Waals surface area (Å²) in [6.07, 6.45) is 6.85. The highest BCUT2D eigenvalue weighted by Gasteiger charge is 2.20. The third-order valence-corrected chi connectivity index (χ3v) is 4.99. The Hall–Kier alpha value is -3.55. The molecule has 3 aromatic heterocycles. The van der Waals surface area contributed by atoms with E-state index in [-0.39, 0.29) is 12.4 Å². The third kappa shape index (κ3) is 3.06. The van der Waals surface area contributed by atoms with Crippen LogP contribution in [0.25, 0.3) is 16.8 Å². The zero-order chi connectivity index (χ0) is 20.0. The summed E-state index contributed by atoms with van der Waals surface area (Å²) >= 11 is 0. The van der Waals surface area contributed by atoms with Crippen molar-refractivity contribution < 1.29 is 13.5 Å². The summed E-state index contributed by atoms with van der Waals surface area (Å²) in [5.74, 6) is 0.544. The molecule has 1 aliphatic heterocycles. The van der Waals surface area contributed by atoms with Gasteiger partial charge in [0.05, 0.1) is 18.5 Å². The number of halogens is 2. The molecule has 0 bridgehead atoms. The highest BCUT2D eigenvalue weighted by atomic mass is 19.1. The van der Waals surface area contributed by atoms with Crippen LogP contribution in [0.15, 0.2) is 43.0 Å². The molecule has 0 aliphatic carbocycles. The maximum atomic E-state index is 14.4. The second kappa shape index (κ2) is 6.80. The molecular formula is C21H17F2N5O. The average Bonchev–Trinajstić information content (AvgIpc) is 3.33. The van der Waals surface area contributed by atoms with E-state index in [9.17, 15) is 8.78 Å². The van der Waals surface area contributed by atoms with Crippen LogP contribution in [0, 0.1) is 18.6 Å². The van der Waals surface area contributed by atoms with Gasteiger partial charge in [0, 0.05) is 53.8 Å². The van der Waals surface area contributed by atoms with Crippen LogP contribution < -0.4 is 10.1 Å². The van der Waals surface area contributed by atoms with Crippen molar-refractivity contribution in [3.8, 4) is 16.9 Å². The van der Waals surface area contributed by atoms with Gasteiger partial charge in [-0.15, -0.1) is 0 Å². The van der Waals surface area contributed by atoms with Crippen LogP contribution in [-0.4, -0.2) is 26.0 Å². The van der Waals surface area contributed by atoms with E-state index in [2.05, 4.69) is 20.3 Å². The van der Waals surface area contributed by atoms with Crippen molar-refractivity contribution in [3.63, 3.8) is 0 Å². The molecule has 146 valence electrons. The number of fused-ring (bicyclic) bond motifs is 2. The molecule has 4 aromatic rings. The van der Waals surface area contributed by atoms with Crippen LogP contribution in [-0.2, 0) is 13.0 Å². The molecule has 0 fully saturated rings. The maximum absolute atomic E-state index is 14.4. The van der Waals surface area contributed by atoms with Crippen LogP contribution in [0.2, 0.25) is 0 Å². The van der Waals surface area contributed by atoms with E-state index in [1.807, 2.05) is 13.1 Å². The molecule has 1 aromatic carbocycles. The molecular weight excluding hydrogens is 376 g/mol. The minimum atomic E-state index is -0.429. The van der Waals surface area contributed by atoms with E-state index < -0.39 is 5.82 Å². The zero-order valence-corrected chi connectivity index (χ0v) is 15.6. The van der Waals surface area contributed by atoms with Gasteiger partial charge in [-0.1, -0.05) is 0 Å². The molecule has 0 saturated carbocycles. The second-order valence-electron chi connectivity index (χ2n) is 6.92. The number of aromatic nitrogens is 4.